The van der Waals surface area contributed by atoms with E-state index < -0.39 is 0 Å². The van der Waals surface area contributed by atoms with E-state index in [0.717, 1.165) is 13.1 Å². The Balaban J connectivity index is 3.92. The monoisotopic (exact) mass is 196 g/mol. The van der Waals surface area contributed by atoms with Gasteiger partial charge in [-0.2, -0.15) is 0 Å². The highest BCUT2D eigenvalue weighted by atomic mass is 15.2. The van der Waals surface area contributed by atoms with Gasteiger partial charge >= 0.3 is 0 Å². The first-order chi connectivity index (χ1) is 6.67. The lowest BCUT2D eigenvalue weighted by Gasteiger charge is -2.33. The minimum atomic E-state index is 0.559. The van der Waals surface area contributed by atoms with Gasteiger partial charge in [0.15, 0.2) is 0 Å². The fourth-order valence-corrected chi connectivity index (χ4v) is 1.76. The van der Waals surface area contributed by atoms with Gasteiger partial charge in [0.2, 0.25) is 0 Å². The highest BCUT2D eigenvalue weighted by Crippen LogP contribution is 2.07. The van der Waals surface area contributed by atoms with E-state index in [0.29, 0.717) is 18.6 Å². The minimum absolute atomic E-state index is 0.559. The van der Waals surface area contributed by atoms with Gasteiger partial charge in [-0.25, -0.2) is 0 Å². The Morgan fingerprint density at radius 1 is 1.29 bits per heavy atom. The van der Waals surface area contributed by atoms with Crippen molar-refractivity contribution in [1.82, 2.24) is 10.2 Å². The first-order valence-electron chi connectivity index (χ1n) is 5.57. The third-order valence-corrected chi connectivity index (χ3v) is 2.76. The van der Waals surface area contributed by atoms with E-state index in [1.165, 1.54) is 6.42 Å². The topological polar surface area (TPSA) is 15.3 Å². The van der Waals surface area contributed by atoms with E-state index in [4.69, 9.17) is 6.42 Å². The summed E-state index contributed by atoms with van der Waals surface area (Å²) >= 11 is 0. The molecule has 2 atom stereocenters. The van der Waals surface area contributed by atoms with Gasteiger partial charge in [-0.15, -0.1) is 6.42 Å². The number of hydrogen-bond donors (Lipinski definition) is 1. The van der Waals surface area contributed by atoms with Crippen molar-refractivity contribution in [2.24, 2.45) is 0 Å². The van der Waals surface area contributed by atoms with E-state index in [1.807, 2.05) is 0 Å². The molecule has 0 aliphatic rings. The van der Waals surface area contributed by atoms with Gasteiger partial charge in [0.1, 0.15) is 0 Å². The van der Waals surface area contributed by atoms with Crippen molar-refractivity contribution < 1.29 is 0 Å². The predicted molar refractivity (Wildman–Crippen MR) is 63.3 cm³/mol. The van der Waals surface area contributed by atoms with Crippen molar-refractivity contribution in [3.8, 4) is 12.3 Å². The second kappa shape index (κ2) is 7.84. The van der Waals surface area contributed by atoms with Gasteiger partial charge in [-0.05, 0) is 26.8 Å². The molecule has 82 valence electrons. The molecule has 0 rings (SSSR count). The summed E-state index contributed by atoms with van der Waals surface area (Å²) in [5.41, 5.74) is 0. The largest absolute Gasteiger partial charge is 0.305 e. The van der Waals surface area contributed by atoms with Crippen LogP contribution in [0.25, 0.3) is 0 Å². The first-order valence-corrected chi connectivity index (χ1v) is 5.57. The fourth-order valence-electron chi connectivity index (χ4n) is 1.76. The van der Waals surface area contributed by atoms with Crippen molar-refractivity contribution in [2.75, 3.05) is 19.6 Å². The minimum Gasteiger partial charge on any atom is -0.305 e. The van der Waals surface area contributed by atoms with Gasteiger partial charge in [0.05, 0.1) is 6.54 Å². The molecule has 0 amide bonds. The molecule has 0 aromatic rings. The summed E-state index contributed by atoms with van der Waals surface area (Å²) < 4.78 is 0. The van der Waals surface area contributed by atoms with Crippen molar-refractivity contribution >= 4 is 0 Å². The average Bonchev–Trinajstić information content (AvgIpc) is 2.19. The molecule has 0 radical (unpaired) electrons. The maximum absolute atomic E-state index is 5.18. The SMILES string of the molecule is C#CCNCC(C)N(CC)C(C)CC. The molecule has 0 saturated carbocycles. The molecule has 2 unspecified atom stereocenters. The maximum atomic E-state index is 5.18. The van der Waals surface area contributed by atoms with Gasteiger partial charge in [0, 0.05) is 18.6 Å². The molecule has 0 aromatic heterocycles. The van der Waals surface area contributed by atoms with Crippen LogP contribution in [-0.4, -0.2) is 36.6 Å². The van der Waals surface area contributed by atoms with Gasteiger partial charge in [-0.1, -0.05) is 19.8 Å². The maximum Gasteiger partial charge on any atom is 0.0574 e. The van der Waals surface area contributed by atoms with E-state index in [-0.39, 0.29) is 0 Å². The standard InChI is InChI=1S/C12H24N2/c1-6-9-13-10-12(5)14(8-3)11(4)7-2/h1,11-13H,7-10H2,2-5H3. The average molecular weight is 196 g/mol. The lowest BCUT2D eigenvalue weighted by Crippen LogP contribution is -2.45. The van der Waals surface area contributed by atoms with Crippen molar-refractivity contribution in [3.05, 3.63) is 0 Å². The van der Waals surface area contributed by atoms with Crippen LogP contribution in [0.1, 0.15) is 34.1 Å². The van der Waals surface area contributed by atoms with Crippen molar-refractivity contribution in [1.29, 1.82) is 0 Å². The summed E-state index contributed by atoms with van der Waals surface area (Å²) in [5, 5.41) is 3.25. The summed E-state index contributed by atoms with van der Waals surface area (Å²) in [6.07, 6.45) is 6.38. The smallest absolute Gasteiger partial charge is 0.0574 e. The van der Waals surface area contributed by atoms with E-state index >= 15 is 0 Å². The molecule has 0 aliphatic carbocycles. The molecule has 0 heterocycles. The highest BCUT2D eigenvalue weighted by molar-refractivity contribution is 4.87. The van der Waals surface area contributed by atoms with Crippen LogP contribution in [0.5, 0.6) is 0 Å². The molecule has 0 spiro atoms. The Labute approximate surface area is 89.1 Å². The molecule has 0 bridgehead atoms. The van der Waals surface area contributed by atoms with Crippen molar-refractivity contribution in [2.45, 2.75) is 46.2 Å². The second-order valence-corrected chi connectivity index (χ2v) is 3.77. The fraction of sp³-hybridized carbons (Fsp3) is 0.833. The zero-order valence-electron chi connectivity index (χ0n) is 10.0. The number of nitrogens with zero attached hydrogens (tertiary/aromatic N) is 1. The van der Waals surface area contributed by atoms with Gasteiger partial charge in [-0.3, -0.25) is 4.90 Å². The van der Waals surface area contributed by atoms with Crippen LogP contribution in [0.4, 0.5) is 0 Å². The molecule has 2 nitrogen and oxygen atoms in total. The lowest BCUT2D eigenvalue weighted by atomic mass is 10.1. The predicted octanol–water partition coefficient (Wildman–Crippen LogP) is 1.72. The van der Waals surface area contributed by atoms with Crippen LogP contribution in [-0.2, 0) is 0 Å². The zero-order chi connectivity index (χ0) is 11.0. The molecular weight excluding hydrogens is 172 g/mol. The van der Waals surface area contributed by atoms with Crippen LogP contribution in [0, 0.1) is 12.3 Å². The number of likely N-dealkylation sites (N-methyl/N-ethyl adjacent to an activating group) is 1. The molecule has 0 fully saturated rings. The number of nitrogens with one attached hydrogen (secondary N) is 1. The van der Waals surface area contributed by atoms with Gasteiger partial charge in [0.25, 0.3) is 0 Å². The summed E-state index contributed by atoms with van der Waals surface area (Å²) in [4.78, 5) is 2.50. The first kappa shape index (κ1) is 13.5. The van der Waals surface area contributed by atoms with Crippen LogP contribution in [0.3, 0.4) is 0 Å². The quantitative estimate of drug-likeness (QED) is 0.493. The Bertz CT molecular complexity index is 172. The molecule has 1 N–H and O–H groups in total. The third kappa shape index (κ3) is 4.64. The lowest BCUT2D eigenvalue weighted by molar-refractivity contribution is 0.157. The highest BCUT2D eigenvalue weighted by Gasteiger charge is 2.16. The van der Waals surface area contributed by atoms with Crippen LogP contribution in [0.2, 0.25) is 0 Å². The Morgan fingerprint density at radius 2 is 1.93 bits per heavy atom. The van der Waals surface area contributed by atoms with Crippen LogP contribution in [0.15, 0.2) is 0 Å². The Morgan fingerprint density at radius 3 is 2.36 bits per heavy atom. The Hall–Kier alpha value is -0.520. The number of hydrogen-bond acceptors (Lipinski definition) is 2. The molecule has 14 heavy (non-hydrogen) atoms. The van der Waals surface area contributed by atoms with E-state index in [2.05, 4.69) is 43.8 Å². The zero-order valence-corrected chi connectivity index (χ0v) is 10.0. The molecule has 0 aromatic carbocycles. The second-order valence-electron chi connectivity index (χ2n) is 3.77. The number of terminal acetylenes is 1. The van der Waals surface area contributed by atoms with E-state index in [9.17, 15) is 0 Å². The number of rotatable bonds is 7. The van der Waals surface area contributed by atoms with Crippen molar-refractivity contribution in [3.63, 3.8) is 0 Å². The van der Waals surface area contributed by atoms with E-state index in [1.54, 1.807) is 0 Å². The van der Waals surface area contributed by atoms with Crippen LogP contribution >= 0.6 is 0 Å². The summed E-state index contributed by atoms with van der Waals surface area (Å²) in [5.74, 6) is 2.59. The third-order valence-electron chi connectivity index (χ3n) is 2.76. The summed E-state index contributed by atoms with van der Waals surface area (Å²) in [7, 11) is 0. The summed E-state index contributed by atoms with van der Waals surface area (Å²) in [6.45, 7) is 11.7. The normalized spacial score (nSPS) is 15.1. The molecule has 0 saturated heterocycles. The molecular formula is C12H24N2. The Kier molecular flexibility index (Phi) is 7.55. The summed E-state index contributed by atoms with van der Waals surface area (Å²) in [6, 6.07) is 1.21. The van der Waals surface area contributed by atoms with Gasteiger partial charge < -0.3 is 5.32 Å². The van der Waals surface area contributed by atoms with Crippen LogP contribution < -0.4 is 5.32 Å². The molecule has 2 heteroatoms. The molecule has 0 aliphatic heterocycles.